The van der Waals surface area contributed by atoms with Crippen molar-refractivity contribution >= 4 is 11.9 Å². The lowest BCUT2D eigenvalue weighted by Crippen LogP contribution is -2.36. The van der Waals surface area contributed by atoms with E-state index in [1.807, 2.05) is 0 Å². The van der Waals surface area contributed by atoms with Gasteiger partial charge in [-0.25, -0.2) is 0 Å². The van der Waals surface area contributed by atoms with Crippen molar-refractivity contribution in [3.05, 3.63) is 30.1 Å². The molecule has 0 aromatic carbocycles. The number of aromatic nitrogens is 1. The normalized spacial score (nSPS) is 10.6. The van der Waals surface area contributed by atoms with Gasteiger partial charge in [-0.05, 0) is 38.2 Å². The Bertz CT molecular complexity index is 475. The lowest BCUT2D eigenvalue weighted by atomic mass is 10.2. The van der Waals surface area contributed by atoms with Crippen molar-refractivity contribution in [2.24, 2.45) is 0 Å². The van der Waals surface area contributed by atoms with Gasteiger partial charge in [-0.15, -0.1) is 0 Å². The van der Waals surface area contributed by atoms with E-state index in [2.05, 4.69) is 28.5 Å². The molecule has 0 aliphatic rings. The Morgan fingerprint density at radius 3 is 2.48 bits per heavy atom. The van der Waals surface area contributed by atoms with E-state index in [-0.39, 0.29) is 18.3 Å². The van der Waals surface area contributed by atoms with Crippen LogP contribution in [-0.4, -0.2) is 66.5 Å². The highest BCUT2D eigenvalue weighted by molar-refractivity contribution is 5.94. The monoisotopic (exact) mass is 321 g/mol. The summed E-state index contributed by atoms with van der Waals surface area (Å²) < 4.78 is 4.67. The highest BCUT2D eigenvalue weighted by Crippen LogP contribution is 2.06. The predicted molar refractivity (Wildman–Crippen MR) is 89.2 cm³/mol. The van der Waals surface area contributed by atoms with Crippen LogP contribution in [0.15, 0.2) is 24.5 Å². The molecule has 23 heavy (non-hydrogen) atoms. The van der Waals surface area contributed by atoms with Gasteiger partial charge in [-0.1, -0.05) is 13.8 Å². The quantitative estimate of drug-likeness (QED) is 0.615. The molecule has 0 fully saturated rings. The number of carbonyl (C=O) groups excluding carboxylic acids is 2. The molecule has 6 heteroatoms. The summed E-state index contributed by atoms with van der Waals surface area (Å²) in [7, 11) is 1.36. The smallest absolute Gasteiger partial charge is 0.307 e. The van der Waals surface area contributed by atoms with Crippen molar-refractivity contribution in [3.63, 3.8) is 0 Å². The van der Waals surface area contributed by atoms with Crippen molar-refractivity contribution < 1.29 is 14.3 Å². The fourth-order valence-corrected chi connectivity index (χ4v) is 2.34. The Morgan fingerprint density at radius 2 is 1.91 bits per heavy atom. The molecule has 0 saturated carbocycles. The topological polar surface area (TPSA) is 62.7 Å². The maximum Gasteiger partial charge on any atom is 0.307 e. The summed E-state index contributed by atoms with van der Waals surface area (Å²) >= 11 is 0. The van der Waals surface area contributed by atoms with Crippen molar-refractivity contribution in [1.29, 1.82) is 0 Å². The Morgan fingerprint density at radius 1 is 1.17 bits per heavy atom. The molecule has 6 nitrogen and oxygen atoms in total. The summed E-state index contributed by atoms with van der Waals surface area (Å²) in [6, 6.07) is 3.48. The highest BCUT2D eigenvalue weighted by atomic mass is 16.5. The molecule has 0 aliphatic heterocycles. The van der Waals surface area contributed by atoms with E-state index in [0.717, 1.165) is 26.1 Å². The fraction of sp³-hybridized carbons (Fsp3) is 0.588. The minimum absolute atomic E-state index is 0.0958. The average Bonchev–Trinajstić information content (AvgIpc) is 2.61. The number of esters is 1. The first kappa shape index (κ1) is 19.1. The van der Waals surface area contributed by atoms with E-state index in [0.29, 0.717) is 18.7 Å². The van der Waals surface area contributed by atoms with Gasteiger partial charge in [-0.2, -0.15) is 0 Å². The number of nitrogens with zero attached hydrogens (tertiary/aromatic N) is 3. The molecule has 0 radical (unpaired) electrons. The Balaban J connectivity index is 2.65. The summed E-state index contributed by atoms with van der Waals surface area (Å²) in [6.45, 7) is 8.14. The maximum absolute atomic E-state index is 12.6. The van der Waals surface area contributed by atoms with E-state index >= 15 is 0 Å². The number of methoxy groups -OCH3 is 1. The zero-order valence-corrected chi connectivity index (χ0v) is 14.3. The maximum atomic E-state index is 12.6. The van der Waals surface area contributed by atoms with Gasteiger partial charge in [0.15, 0.2) is 0 Å². The standard InChI is InChI=1S/C17H27N3O3/c1-4-19(5-2)11-7-12-20(13-9-16(21)23-3)17(22)15-8-6-10-18-14-15/h6,8,10,14H,4-5,7,9,11-13H2,1-3H3. The van der Waals surface area contributed by atoms with Gasteiger partial charge >= 0.3 is 5.97 Å². The van der Waals surface area contributed by atoms with Gasteiger partial charge in [0.1, 0.15) is 0 Å². The SMILES string of the molecule is CCN(CC)CCCN(CCC(=O)OC)C(=O)c1cccnc1. The minimum atomic E-state index is -0.308. The molecule has 0 bridgehead atoms. The first-order chi connectivity index (χ1) is 11.1. The molecule has 1 aromatic rings. The van der Waals surface area contributed by atoms with Crippen LogP contribution in [0.25, 0.3) is 0 Å². The number of carbonyl (C=O) groups is 2. The average molecular weight is 321 g/mol. The summed E-state index contributed by atoms with van der Waals surface area (Å²) in [5.41, 5.74) is 0.542. The van der Waals surface area contributed by atoms with Gasteiger partial charge in [0.05, 0.1) is 19.1 Å². The number of hydrogen-bond acceptors (Lipinski definition) is 5. The third-order valence-electron chi connectivity index (χ3n) is 3.81. The van der Waals surface area contributed by atoms with Crippen LogP contribution in [0.1, 0.15) is 37.0 Å². The molecule has 0 aliphatic carbocycles. The molecule has 1 rings (SSSR count). The van der Waals surface area contributed by atoms with Gasteiger partial charge in [-0.3, -0.25) is 14.6 Å². The second-order valence-corrected chi connectivity index (χ2v) is 5.24. The van der Waals surface area contributed by atoms with Crippen LogP contribution < -0.4 is 0 Å². The number of ether oxygens (including phenoxy) is 1. The molecule has 1 amide bonds. The van der Waals surface area contributed by atoms with Crippen LogP contribution >= 0.6 is 0 Å². The fourth-order valence-electron chi connectivity index (χ4n) is 2.34. The number of pyridine rings is 1. The molecule has 0 saturated heterocycles. The summed E-state index contributed by atoms with van der Waals surface area (Å²) in [6.07, 6.45) is 4.26. The van der Waals surface area contributed by atoms with Crippen LogP contribution in [0.4, 0.5) is 0 Å². The van der Waals surface area contributed by atoms with Crippen LogP contribution in [0.5, 0.6) is 0 Å². The molecular weight excluding hydrogens is 294 g/mol. The Hall–Kier alpha value is -1.95. The largest absolute Gasteiger partial charge is 0.469 e. The summed E-state index contributed by atoms with van der Waals surface area (Å²) in [5.74, 6) is -0.403. The molecule has 1 aromatic heterocycles. The van der Waals surface area contributed by atoms with Crippen molar-refractivity contribution in [2.45, 2.75) is 26.7 Å². The van der Waals surface area contributed by atoms with Crippen LogP contribution in [0.2, 0.25) is 0 Å². The van der Waals surface area contributed by atoms with Gasteiger partial charge < -0.3 is 14.5 Å². The first-order valence-corrected chi connectivity index (χ1v) is 8.10. The van der Waals surface area contributed by atoms with E-state index in [1.54, 1.807) is 29.4 Å². The number of amides is 1. The molecular formula is C17H27N3O3. The van der Waals surface area contributed by atoms with E-state index < -0.39 is 0 Å². The van der Waals surface area contributed by atoms with Crippen molar-refractivity contribution in [1.82, 2.24) is 14.8 Å². The lowest BCUT2D eigenvalue weighted by Gasteiger charge is -2.24. The van der Waals surface area contributed by atoms with Gasteiger partial charge in [0.25, 0.3) is 5.91 Å². The third-order valence-corrected chi connectivity index (χ3v) is 3.81. The van der Waals surface area contributed by atoms with E-state index in [1.165, 1.54) is 7.11 Å². The molecule has 128 valence electrons. The zero-order chi connectivity index (χ0) is 17.1. The van der Waals surface area contributed by atoms with Crippen LogP contribution in [-0.2, 0) is 9.53 Å². The van der Waals surface area contributed by atoms with Crippen molar-refractivity contribution in [3.8, 4) is 0 Å². The first-order valence-electron chi connectivity index (χ1n) is 8.10. The molecule has 1 heterocycles. The Kier molecular flexibility index (Phi) is 8.90. The van der Waals surface area contributed by atoms with Crippen molar-refractivity contribution in [2.75, 3.05) is 39.8 Å². The second-order valence-electron chi connectivity index (χ2n) is 5.24. The minimum Gasteiger partial charge on any atom is -0.469 e. The molecule has 0 atom stereocenters. The third kappa shape index (κ3) is 6.78. The lowest BCUT2D eigenvalue weighted by molar-refractivity contribution is -0.140. The van der Waals surface area contributed by atoms with Crippen LogP contribution in [0, 0.1) is 0 Å². The summed E-state index contributed by atoms with van der Waals surface area (Å²) in [4.78, 5) is 32.0. The Labute approximate surface area is 138 Å². The molecule has 0 unspecified atom stereocenters. The van der Waals surface area contributed by atoms with Gasteiger partial charge in [0, 0.05) is 25.5 Å². The van der Waals surface area contributed by atoms with Gasteiger partial charge in [0.2, 0.25) is 0 Å². The molecule has 0 N–H and O–H groups in total. The second kappa shape index (κ2) is 10.7. The predicted octanol–water partition coefficient (Wildman–Crippen LogP) is 1.82. The molecule has 0 spiro atoms. The zero-order valence-electron chi connectivity index (χ0n) is 14.3. The summed E-state index contributed by atoms with van der Waals surface area (Å²) in [5, 5.41) is 0. The highest BCUT2D eigenvalue weighted by Gasteiger charge is 2.17. The van der Waals surface area contributed by atoms with E-state index in [9.17, 15) is 9.59 Å². The van der Waals surface area contributed by atoms with Crippen LogP contribution in [0.3, 0.4) is 0 Å². The van der Waals surface area contributed by atoms with E-state index in [4.69, 9.17) is 0 Å². The number of hydrogen-bond donors (Lipinski definition) is 0. The number of rotatable bonds is 10.